The first-order chi connectivity index (χ1) is 10.3. The van der Waals surface area contributed by atoms with Crippen molar-refractivity contribution < 1.29 is 14.2 Å². The Bertz CT molecular complexity index is 615. The molecule has 6 nitrogen and oxygen atoms in total. The van der Waals surface area contributed by atoms with Crippen LogP contribution in [-0.2, 0) is 11.3 Å². The van der Waals surface area contributed by atoms with E-state index < -0.39 is 5.82 Å². The molecule has 0 amide bonds. The molecule has 1 fully saturated rings. The lowest BCUT2D eigenvalue weighted by Crippen LogP contribution is -2.37. The van der Waals surface area contributed by atoms with E-state index in [0.717, 1.165) is 13.1 Å². The number of hydrogen-bond donors (Lipinski definition) is 1. The highest BCUT2D eigenvalue weighted by atomic mass is 19.1. The second-order valence-corrected chi connectivity index (χ2v) is 4.66. The van der Waals surface area contributed by atoms with Crippen LogP contribution in [0.3, 0.4) is 0 Å². The molecule has 0 aliphatic carbocycles. The van der Waals surface area contributed by atoms with Crippen LogP contribution in [0.1, 0.15) is 5.56 Å². The number of aliphatic hydroxyl groups excluding tert-OH is 1. The molecular formula is C14H15FN4O2. The van der Waals surface area contributed by atoms with E-state index in [1.807, 2.05) is 4.90 Å². The smallest absolute Gasteiger partial charge is 0.225 e. The molecule has 3 rings (SSSR count). The molecule has 7 heteroatoms. The second kappa shape index (κ2) is 6.11. The maximum Gasteiger partial charge on any atom is 0.225 e. The van der Waals surface area contributed by atoms with Gasteiger partial charge in [0.25, 0.3) is 0 Å². The molecule has 0 spiro atoms. The van der Waals surface area contributed by atoms with Gasteiger partial charge in [-0.3, -0.25) is 4.98 Å². The van der Waals surface area contributed by atoms with Gasteiger partial charge >= 0.3 is 0 Å². The van der Waals surface area contributed by atoms with Gasteiger partial charge in [-0.05, 0) is 6.07 Å². The van der Waals surface area contributed by atoms with E-state index in [2.05, 4.69) is 15.0 Å². The third kappa shape index (κ3) is 2.84. The largest absolute Gasteiger partial charge is 0.392 e. The van der Waals surface area contributed by atoms with Crippen LogP contribution < -0.4 is 4.90 Å². The van der Waals surface area contributed by atoms with Crippen molar-refractivity contribution >= 4 is 5.95 Å². The third-order valence-electron chi connectivity index (χ3n) is 3.35. The van der Waals surface area contributed by atoms with Gasteiger partial charge in [0.1, 0.15) is 5.69 Å². The Kier molecular flexibility index (Phi) is 4.03. The fourth-order valence-electron chi connectivity index (χ4n) is 2.18. The van der Waals surface area contributed by atoms with Crippen molar-refractivity contribution in [3.8, 4) is 11.3 Å². The van der Waals surface area contributed by atoms with E-state index in [1.165, 1.54) is 12.3 Å². The Morgan fingerprint density at radius 1 is 1.19 bits per heavy atom. The minimum absolute atomic E-state index is 0.148. The van der Waals surface area contributed by atoms with Crippen LogP contribution >= 0.6 is 0 Å². The highest BCUT2D eigenvalue weighted by Crippen LogP contribution is 2.22. The van der Waals surface area contributed by atoms with Gasteiger partial charge in [0.15, 0.2) is 5.82 Å². The molecule has 0 bridgehead atoms. The van der Waals surface area contributed by atoms with Gasteiger partial charge in [-0.1, -0.05) is 0 Å². The Morgan fingerprint density at radius 2 is 1.90 bits per heavy atom. The van der Waals surface area contributed by atoms with E-state index >= 15 is 0 Å². The number of ether oxygens (including phenoxy) is 1. The normalized spacial score (nSPS) is 15.2. The number of aliphatic hydroxyl groups is 1. The molecule has 1 aliphatic rings. The van der Waals surface area contributed by atoms with E-state index in [4.69, 9.17) is 9.84 Å². The molecule has 0 saturated carbocycles. The highest BCUT2D eigenvalue weighted by molar-refractivity contribution is 5.59. The summed E-state index contributed by atoms with van der Waals surface area (Å²) in [4.78, 5) is 14.5. The Morgan fingerprint density at radius 3 is 2.57 bits per heavy atom. The summed E-state index contributed by atoms with van der Waals surface area (Å²) in [7, 11) is 0. The van der Waals surface area contributed by atoms with Crippen molar-refractivity contribution in [1.82, 2.24) is 15.0 Å². The molecule has 2 aromatic rings. The zero-order valence-electron chi connectivity index (χ0n) is 11.4. The van der Waals surface area contributed by atoms with Crippen molar-refractivity contribution in [2.75, 3.05) is 31.2 Å². The summed E-state index contributed by atoms with van der Waals surface area (Å²) >= 11 is 0. The van der Waals surface area contributed by atoms with Gasteiger partial charge in [-0.2, -0.15) is 0 Å². The van der Waals surface area contributed by atoms with E-state index in [-0.39, 0.29) is 17.9 Å². The molecule has 2 aromatic heterocycles. The lowest BCUT2D eigenvalue weighted by Gasteiger charge is -2.26. The SMILES string of the molecule is OCc1ccnc(-c2cnc(N3CCOCC3)nc2)c1F. The van der Waals surface area contributed by atoms with Gasteiger partial charge < -0.3 is 14.7 Å². The minimum atomic E-state index is -0.539. The highest BCUT2D eigenvalue weighted by Gasteiger charge is 2.15. The fraction of sp³-hybridized carbons (Fsp3) is 0.357. The zero-order chi connectivity index (χ0) is 14.7. The average molecular weight is 290 g/mol. The molecular weight excluding hydrogens is 275 g/mol. The number of anilines is 1. The van der Waals surface area contributed by atoms with Crippen LogP contribution in [0.2, 0.25) is 0 Å². The summed E-state index contributed by atoms with van der Waals surface area (Å²) in [6.07, 6.45) is 4.55. The number of hydrogen-bond acceptors (Lipinski definition) is 6. The molecule has 21 heavy (non-hydrogen) atoms. The van der Waals surface area contributed by atoms with Gasteiger partial charge in [0.05, 0.1) is 19.8 Å². The van der Waals surface area contributed by atoms with Crippen molar-refractivity contribution in [2.45, 2.75) is 6.61 Å². The third-order valence-corrected chi connectivity index (χ3v) is 3.35. The van der Waals surface area contributed by atoms with Crippen LogP contribution in [-0.4, -0.2) is 46.4 Å². The molecule has 0 unspecified atom stereocenters. The van der Waals surface area contributed by atoms with Crippen LogP contribution in [0.4, 0.5) is 10.3 Å². The van der Waals surface area contributed by atoms with E-state index in [0.29, 0.717) is 24.7 Å². The number of aromatic nitrogens is 3. The Balaban J connectivity index is 1.87. The molecule has 0 atom stereocenters. The first-order valence-corrected chi connectivity index (χ1v) is 6.69. The van der Waals surface area contributed by atoms with Crippen molar-refractivity contribution in [1.29, 1.82) is 0 Å². The maximum atomic E-state index is 14.1. The van der Waals surface area contributed by atoms with Crippen LogP contribution in [0.25, 0.3) is 11.3 Å². The summed E-state index contributed by atoms with van der Waals surface area (Å²) in [5.74, 6) is 0.0588. The summed E-state index contributed by atoms with van der Waals surface area (Å²) in [6, 6.07) is 1.45. The minimum Gasteiger partial charge on any atom is -0.392 e. The molecule has 110 valence electrons. The van der Waals surface area contributed by atoms with Gasteiger partial charge in [-0.25, -0.2) is 14.4 Å². The number of nitrogens with zero attached hydrogens (tertiary/aromatic N) is 4. The topological polar surface area (TPSA) is 71.4 Å². The molecule has 0 aromatic carbocycles. The monoisotopic (exact) mass is 290 g/mol. The van der Waals surface area contributed by atoms with Crippen molar-refractivity contribution in [3.05, 3.63) is 36.0 Å². The van der Waals surface area contributed by atoms with Gasteiger partial charge in [0, 0.05) is 42.8 Å². The van der Waals surface area contributed by atoms with E-state index in [9.17, 15) is 4.39 Å². The Hall–Kier alpha value is -2.12. The second-order valence-electron chi connectivity index (χ2n) is 4.66. The average Bonchev–Trinajstić information content (AvgIpc) is 2.56. The molecule has 0 radical (unpaired) electrons. The number of morpholine rings is 1. The number of halogens is 1. The lowest BCUT2D eigenvalue weighted by atomic mass is 10.1. The first-order valence-electron chi connectivity index (χ1n) is 6.69. The van der Waals surface area contributed by atoms with Crippen LogP contribution in [0.5, 0.6) is 0 Å². The molecule has 1 aliphatic heterocycles. The summed E-state index contributed by atoms with van der Waals surface area (Å²) in [5.41, 5.74) is 0.840. The van der Waals surface area contributed by atoms with Crippen LogP contribution in [0, 0.1) is 5.82 Å². The van der Waals surface area contributed by atoms with Crippen molar-refractivity contribution in [3.63, 3.8) is 0 Å². The van der Waals surface area contributed by atoms with E-state index in [1.54, 1.807) is 12.4 Å². The summed E-state index contributed by atoms with van der Waals surface area (Å²) in [5, 5.41) is 9.09. The molecule has 1 saturated heterocycles. The Labute approximate surface area is 121 Å². The standard InChI is InChI=1S/C14H15FN4O2/c15-12-10(9-20)1-2-16-13(12)11-7-17-14(18-8-11)19-3-5-21-6-4-19/h1-2,7-8,20H,3-6,9H2. The predicted octanol–water partition coefficient (Wildman–Crippen LogP) is 1.01. The zero-order valence-corrected chi connectivity index (χ0v) is 11.4. The first kappa shape index (κ1) is 13.8. The van der Waals surface area contributed by atoms with Crippen LogP contribution in [0.15, 0.2) is 24.7 Å². The molecule has 3 heterocycles. The van der Waals surface area contributed by atoms with Crippen molar-refractivity contribution in [2.24, 2.45) is 0 Å². The number of rotatable bonds is 3. The predicted molar refractivity (Wildman–Crippen MR) is 74.2 cm³/mol. The lowest BCUT2D eigenvalue weighted by molar-refractivity contribution is 0.122. The molecule has 1 N–H and O–H groups in total. The van der Waals surface area contributed by atoms with Gasteiger partial charge in [0.2, 0.25) is 5.95 Å². The van der Waals surface area contributed by atoms with Gasteiger partial charge in [-0.15, -0.1) is 0 Å². The quantitative estimate of drug-likeness (QED) is 0.909. The summed E-state index contributed by atoms with van der Waals surface area (Å²) < 4.78 is 19.4. The number of pyridine rings is 1. The maximum absolute atomic E-state index is 14.1. The summed E-state index contributed by atoms with van der Waals surface area (Å²) in [6.45, 7) is 2.42. The fourth-order valence-corrected chi connectivity index (χ4v) is 2.18.